The van der Waals surface area contributed by atoms with E-state index in [1.54, 1.807) is 0 Å². The van der Waals surface area contributed by atoms with E-state index in [2.05, 4.69) is 15.4 Å². The van der Waals surface area contributed by atoms with Crippen LogP contribution in [0.4, 0.5) is 18.9 Å². The molecular weight excluding hydrogens is 389 g/mol. The molecule has 0 fully saturated rings. The van der Waals surface area contributed by atoms with Crippen LogP contribution in [0, 0.1) is 0 Å². The Morgan fingerprint density at radius 3 is 2.34 bits per heavy atom. The third-order valence-corrected chi connectivity index (χ3v) is 4.19. The van der Waals surface area contributed by atoms with Crippen molar-refractivity contribution < 1.29 is 28.1 Å². The lowest BCUT2D eigenvalue weighted by atomic mass is 10.1. The third-order valence-electron chi connectivity index (χ3n) is 4.19. The first kappa shape index (κ1) is 23.0. The van der Waals surface area contributed by atoms with E-state index < -0.39 is 23.0 Å². The molecule has 0 spiro atoms. The van der Waals surface area contributed by atoms with Crippen molar-refractivity contribution in [3.05, 3.63) is 29.2 Å². The van der Waals surface area contributed by atoms with Gasteiger partial charge in [0.15, 0.2) is 5.75 Å². The van der Waals surface area contributed by atoms with Gasteiger partial charge < -0.3 is 20.3 Å². The number of anilines is 1. The van der Waals surface area contributed by atoms with Crippen LogP contribution in [0.25, 0.3) is 0 Å². The lowest BCUT2D eigenvalue weighted by Crippen LogP contribution is -2.24. The number of hydrogen-bond donors (Lipinski definition) is 3. The number of pyridine rings is 1. The number of ether oxygens (including phenoxy) is 1. The summed E-state index contributed by atoms with van der Waals surface area (Å²) in [5.41, 5.74) is -0.634. The van der Waals surface area contributed by atoms with Crippen molar-refractivity contribution in [1.82, 2.24) is 14.8 Å². The maximum atomic E-state index is 13.8. The smallest absolute Gasteiger partial charge is 0.422 e. The Labute approximate surface area is 167 Å². The summed E-state index contributed by atoms with van der Waals surface area (Å²) in [5, 5.41) is 25.3. The molecule has 162 valence electrons. The Hall–Kier alpha value is -2.33. The highest BCUT2D eigenvalue weighted by atomic mass is 19.4. The van der Waals surface area contributed by atoms with Crippen LogP contribution in [-0.4, -0.2) is 44.7 Å². The molecule has 2 rings (SSSR count). The lowest BCUT2D eigenvalue weighted by Gasteiger charge is -2.24. The average molecular weight is 416 g/mol. The predicted octanol–water partition coefficient (Wildman–Crippen LogP) is 3.35. The van der Waals surface area contributed by atoms with Gasteiger partial charge in [-0.2, -0.15) is 18.3 Å². The van der Waals surface area contributed by atoms with Crippen LogP contribution in [0.2, 0.25) is 0 Å². The van der Waals surface area contributed by atoms with Gasteiger partial charge in [-0.05, 0) is 27.2 Å². The van der Waals surface area contributed by atoms with Gasteiger partial charge in [-0.15, -0.1) is 0 Å². The SMILES string of the molecule is CCc1c(CCO)nn(C(C)(C)C)c1Oc1cncc(NCCO)c1C(F)(F)F. The van der Waals surface area contributed by atoms with Crippen molar-refractivity contribution in [2.45, 2.75) is 52.3 Å². The fourth-order valence-corrected chi connectivity index (χ4v) is 2.94. The first-order valence-corrected chi connectivity index (χ1v) is 9.34. The molecule has 2 heterocycles. The lowest BCUT2D eigenvalue weighted by molar-refractivity contribution is -0.138. The molecule has 10 heteroatoms. The Kier molecular flexibility index (Phi) is 7.12. The predicted molar refractivity (Wildman–Crippen MR) is 102 cm³/mol. The topological polar surface area (TPSA) is 92.4 Å². The standard InChI is InChI=1S/C19H27F3N4O3/c1-5-12-13(6-8-27)25-26(18(2,3)4)17(12)29-15-11-23-10-14(24-7-9-28)16(15)19(20,21)22/h10-11,24,27-28H,5-9H2,1-4H3. The number of halogens is 3. The molecule has 3 N–H and O–H groups in total. The first-order chi connectivity index (χ1) is 13.5. The zero-order valence-electron chi connectivity index (χ0n) is 17.0. The summed E-state index contributed by atoms with van der Waals surface area (Å²) in [6.45, 7) is 6.90. The van der Waals surface area contributed by atoms with Crippen molar-refractivity contribution in [3.8, 4) is 11.6 Å². The van der Waals surface area contributed by atoms with Gasteiger partial charge >= 0.3 is 6.18 Å². The van der Waals surface area contributed by atoms with E-state index in [1.807, 2.05) is 27.7 Å². The molecule has 0 bridgehead atoms. The molecule has 0 aliphatic heterocycles. The Bertz CT molecular complexity index is 829. The number of nitrogens with zero attached hydrogens (tertiary/aromatic N) is 3. The highest BCUT2D eigenvalue weighted by Crippen LogP contribution is 2.43. The zero-order chi connectivity index (χ0) is 21.8. The van der Waals surface area contributed by atoms with E-state index in [4.69, 9.17) is 9.84 Å². The molecule has 0 atom stereocenters. The zero-order valence-corrected chi connectivity index (χ0v) is 17.0. The van der Waals surface area contributed by atoms with Gasteiger partial charge in [-0.25, -0.2) is 4.68 Å². The quantitative estimate of drug-likeness (QED) is 0.611. The molecule has 0 saturated heterocycles. The Balaban J connectivity index is 2.64. The second-order valence-corrected chi connectivity index (χ2v) is 7.45. The minimum atomic E-state index is -4.71. The van der Waals surface area contributed by atoms with Crippen LogP contribution in [0.3, 0.4) is 0 Å². The molecule has 0 aliphatic carbocycles. The number of aliphatic hydroxyl groups is 2. The molecular formula is C19H27F3N4O3. The Morgan fingerprint density at radius 1 is 1.14 bits per heavy atom. The number of hydrogen-bond acceptors (Lipinski definition) is 6. The van der Waals surface area contributed by atoms with Crippen LogP contribution >= 0.6 is 0 Å². The van der Waals surface area contributed by atoms with Gasteiger partial charge in [0.2, 0.25) is 5.88 Å². The molecule has 2 aromatic rings. The second kappa shape index (κ2) is 9.00. The third kappa shape index (κ3) is 5.18. The fraction of sp³-hybridized carbons (Fsp3) is 0.579. The average Bonchev–Trinajstić information content (AvgIpc) is 2.96. The first-order valence-electron chi connectivity index (χ1n) is 9.34. The normalized spacial score (nSPS) is 12.3. The van der Waals surface area contributed by atoms with Crippen molar-refractivity contribution in [3.63, 3.8) is 0 Å². The molecule has 0 saturated carbocycles. The summed E-state index contributed by atoms with van der Waals surface area (Å²) < 4.78 is 48.8. The summed E-state index contributed by atoms with van der Waals surface area (Å²) in [5.74, 6) is -0.272. The van der Waals surface area contributed by atoms with E-state index in [1.165, 1.54) is 4.68 Å². The van der Waals surface area contributed by atoms with Crippen LogP contribution in [0.15, 0.2) is 12.4 Å². The molecule has 0 amide bonds. The monoisotopic (exact) mass is 416 g/mol. The van der Waals surface area contributed by atoms with Gasteiger partial charge in [0.25, 0.3) is 0 Å². The molecule has 0 radical (unpaired) electrons. The molecule has 7 nitrogen and oxygen atoms in total. The van der Waals surface area contributed by atoms with E-state index in [0.29, 0.717) is 17.7 Å². The van der Waals surface area contributed by atoms with Crippen LogP contribution in [0.1, 0.15) is 44.5 Å². The van der Waals surface area contributed by atoms with Crippen LogP contribution in [0.5, 0.6) is 11.6 Å². The van der Waals surface area contributed by atoms with Crippen molar-refractivity contribution in [2.75, 3.05) is 25.1 Å². The highest BCUT2D eigenvalue weighted by molar-refractivity contribution is 5.58. The summed E-state index contributed by atoms with van der Waals surface area (Å²) in [6.07, 6.45) is -1.91. The van der Waals surface area contributed by atoms with Gasteiger partial charge in [0, 0.05) is 25.1 Å². The number of nitrogens with one attached hydrogen (secondary N) is 1. The summed E-state index contributed by atoms with van der Waals surface area (Å²) >= 11 is 0. The van der Waals surface area contributed by atoms with E-state index in [0.717, 1.165) is 12.4 Å². The maximum Gasteiger partial charge on any atom is 0.422 e. The molecule has 2 aromatic heterocycles. The van der Waals surface area contributed by atoms with Crippen molar-refractivity contribution in [2.24, 2.45) is 0 Å². The van der Waals surface area contributed by atoms with Crippen LogP contribution < -0.4 is 10.1 Å². The Morgan fingerprint density at radius 2 is 1.83 bits per heavy atom. The summed E-state index contributed by atoms with van der Waals surface area (Å²) in [6, 6.07) is 0. The molecule has 0 aromatic carbocycles. The van der Waals surface area contributed by atoms with E-state index in [-0.39, 0.29) is 37.7 Å². The van der Waals surface area contributed by atoms with Crippen molar-refractivity contribution in [1.29, 1.82) is 0 Å². The number of alkyl halides is 3. The molecule has 0 unspecified atom stereocenters. The minimum Gasteiger partial charge on any atom is -0.437 e. The largest absolute Gasteiger partial charge is 0.437 e. The number of rotatable bonds is 8. The highest BCUT2D eigenvalue weighted by Gasteiger charge is 2.39. The van der Waals surface area contributed by atoms with Crippen LogP contribution in [-0.2, 0) is 24.6 Å². The van der Waals surface area contributed by atoms with E-state index in [9.17, 15) is 18.3 Å². The molecule has 0 aliphatic rings. The molecule has 29 heavy (non-hydrogen) atoms. The maximum absolute atomic E-state index is 13.8. The van der Waals surface area contributed by atoms with Gasteiger partial charge in [-0.1, -0.05) is 6.92 Å². The minimum absolute atomic E-state index is 0.0605. The van der Waals surface area contributed by atoms with Gasteiger partial charge in [-0.3, -0.25) is 4.98 Å². The number of aliphatic hydroxyl groups excluding tert-OH is 2. The van der Waals surface area contributed by atoms with E-state index >= 15 is 0 Å². The summed E-state index contributed by atoms with van der Waals surface area (Å²) in [4.78, 5) is 3.86. The second-order valence-electron chi connectivity index (χ2n) is 7.45. The van der Waals surface area contributed by atoms with Gasteiger partial charge in [0.1, 0.15) is 5.56 Å². The van der Waals surface area contributed by atoms with Crippen molar-refractivity contribution >= 4 is 5.69 Å². The van der Waals surface area contributed by atoms with Gasteiger partial charge in [0.05, 0.1) is 35.9 Å². The summed E-state index contributed by atoms with van der Waals surface area (Å²) in [7, 11) is 0. The fourth-order valence-electron chi connectivity index (χ4n) is 2.94. The number of aromatic nitrogens is 3.